The number of rotatable bonds is 1. The monoisotopic (exact) mass is 242 g/mol. The van der Waals surface area contributed by atoms with Crippen molar-refractivity contribution in [3.05, 3.63) is 34.3 Å². The number of hydrogen-bond donors (Lipinski definition) is 0. The number of halogens is 1. The lowest BCUT2D eigenvalue weighted by atomic mass is 10.1. The third-order valence-corrected chi connectivity index (χ3v) is 2.53. The zero-order chi connectivity index (χ0) is 9.10. The fourth-order valence-corrected chi connectivity index (χ4v) is 1.80. The topological polar surface area (TPSA) is 18.5 Å². The maximum atomic E-state index is 5.57. The molecule has 3 heteroatoms. The van der Waals surface area contributed by atoms with E-state index in [1.54, 1.807) is 0 Å². The van der Waals surface area contributed by atoms with Gasteiger partial charge in [-0.2, -0.15) is 0 Å². The van der Waals surface area contributed by atoms with Gasteiger partial charge in [-0.15, -0.1) is 0 Å². The van der Waals surface area contributed by atoms with Crippen LogP contribution in [0.15, 0.2) is 28.7 Å². The second-order valence-electron chi connectivity index (χ2n) is 2.99. The molecule has 0 N–H and O–H groups in total. The predicted molar refractivity (Wildman–Crippen MR) is 53.7 cm³/mol. The Morgan fingerprint density at radius 2 is 2.23 bits per heavy atom. The summed E-state index contributed by atoms with van der Waals surface area (Å²) in [6, 6.07) is 8.15. The van der Waals surface area contributed by atoms with Crippen molar-refractivity contribution in [3.63, 3.8) is 0 Å². The maximum Gasteiger partial charge on any atom is 0.106 e. The van der Waals surface area contributed by atoms with Crippen LogP contribution in [-0.2, 0) is 9.47 Å². The first-order chi connectivity index (χ1) is 6.36. The number of hydrogen-bond acceptors (Lipinski definition) is 2. The van der Waals surface area contributed by atoms with Crippen LogP contribution in [0.1, 0.15) is 11.7 Å². The minimum absolute atomic E-state index is 0.103. The van der Waals surface area contributed by atoms with Crippen molar-refractivity contribution in [2.75, 3.05) is 19.8 Å². The smallest absolute Gasteiger partial charge is 0.106 e. The van der Waals surface area contributed by atoms with E-state index in [4.69, 9.17) is 9.47 Å². The summed E-state index contributed by atoms with van der Waals surface area (Å²) in [5, 5.41) is 0. The first-order valence-corrected chi connectivity index (χ1v) is 5.10. The Morgan fingerprint density at radius 1 is 1.31 bits per heavy atom. The summed E-state index contributed by atoms with van der Waals surface area (Å²) in [4.78, 5) is 0. The van der Waals surface area contributed by atoms with Gasteiger partial charge in [0.25, 0.3) is 0 Å². The van der Waals surface area contributed by atoms with Crippen LogP contribution in [0, 0.1) is 0 Å². The summed E-state index contributed by atoms with van der Waals surface area (Å²) in [5.74, 6) is 0. The molecule has 0 amide bonds. The van der Waals surface area contributed by atoms with E-state index < -0.39 is 0 Å². The zero-order valence-electron chi connectivity index (χ0n) is 7.20. The molecule has 0 saturated carbocycles. The molecule has 0 aliphatic carbocycles. The third kappa shape index (κ3) is 2.30. The SMILES string of the molecule is Brc1cccc([C@H]2COCCO2)c1. The largest absolute Gasteiger partial charge is 0.376 e. The highest BCUT2D eigenvalue weighted by Gasteiger charge is 2.16. The lowest BCUT2D eigenvalue weighted by Crippen LogP contribution is -2.21. The molecule has 0 aromatic heterocycles. The van der Waals surface area contributed by atoms with Gasteiger partial charge in [-0.25, -0.2) is 0 Å². The van der Waals surface area contributed by atoms with E-state index in [-0.39, 0.29) is 6.10 Å². The predicted octanol–water partition coefficient (Wildman–Crippen LogP) is 2.54. The minimum atomic E-state index is 0.103. The van der Waals surface area contributed by atoms with Gasteiger partial charge in [-0.1, -0.05) is 28.1 Å². The first kappa shape index (κ1) is 9.19. The van der Waals surface area contributed by atoms with E-state index in [2.05, 4.69) is 28.1 Å². The molecular weight excluding hydrogens is 232 g/mol. The van der Waals surface area contributed by atoms with Crippen molar-refractivity contribution >= 4 is 15.9 Å². The fourth-order valence-electron chi connectivity index (χ4n) is 1.39. The lowest BCUT2D eigenvalue weighted by molar-refractivity contribution is -0.0901. The van der Waals surface area contributed by atoms with Gasteiger partial charge in [0.2, 0.25) is 0 Å². The molecule has 13 heavy (non-hydrogen) atoms. The summed E-state index contributed by atoms with van der Waals surface area (Å²) in [6.07, 6.45) is 0.103. The summed E-state index contributed by atoms with van der Waals surface area (Å²) >= 11 is 3.43. The molecule has 1 aromatic carbocycles. The number of ether oxygens (including phenoxy) is 2. The van der Waals surface area contributed by atoms with Gasteiger partial charge in [0.05, 0.1) is 19.8 Å². The first-order valence-electron chi connectivity index (χ1n) is 4.31. The summed E-state index contributed by atoms with van der Waals surface area (Å²) in [5.41, 5.74) is 1.18. The van der Waals surface area contributed by atoms with Crippen molar-refractivity contribution in [1.82, 2.24) is 0 Å². The molecule has 1 aromatic rings. The van der Waals surface area contributed by atoms with Crippen molar-refractivity contribution in [3.8, 4) is 0 Å². The van der Waals surface area contributed by atoms with Crippen LogP contribution in [0.4, 0.5) is 0 Å². The van der Waals surface area contributed by atoms with Gasteiger partial charge in [0.15, 0.2) is 0 Å². The van der Waals surface area contributed by atoms with Crippen molar-refractivity contribution in [2.24, 2.45) is 0 Å². The average Bonchev–Trinajstić information content (AvgIpc) is 2.19. The third-order valence-electron chi connectivity index (χ3n) is 2.04. The molecular formula is C10H11BrO2. The van der Waals surface area contributed by atoms with Gasteiger partial charge in [-0.3, -0.25) is 0 Å². The van der Waals surface area contributed by atoms with Crippen LogP contribution < -0.4 is 0 Å². The normalized spacial score (nSPS) is 23.0. The van der Waals surface area contributed by atoms with Crippen molar-refractivity contribution in [1.29, 1.82) is 0 Å². The van der Waals surface area contributed by atoms with Gasteiger partial charge in [-0.05, 0) is 17.7 Å². The molecule has 1 aliphatic heterocycles. The quantitative estimate of drug-likeness (QED) is 0.754. The van der Waals surface area contributed by atoms with Crippen molar-refractivity contribution < 1.29 is 9.47 Å². The summed E-state index contributed by atoms with van der Waals surface area (Å²) < 4.78 is 12.0. The van der Waals surface area contributed by atoms with Gasteiger partial charge in [0, 0.05) is 4.47 Å². The highest BCUT2D eigenvalue weighted by molar-refractivity contribution is 9.10. The molecule has 0 bridgehead atoms. The zero-order valence-corrected chi connectivity index (χ0v) is 8.79. The fraction of sp³-hybridized carbons (Fsp3) is 0.400. The molecule has 0 radical (unpaired) electrons. The Labute approximate surface area is 86.0 Å². The Kier molecular flexibility index (Phi) is 2.98. The van der Waals surface area contributed by atoms with E-state index in [0.29, 0.717) is 19.8 Å². The van der Waals surface area contributed by atoms with Crippen LogP contribution in [-0.4, -0.2) is 19.8 Å². The molecule has 1 heterocycles. The van der Waals surface area contributed by atoms with Crippen LogP contribution in [0.2, 0.25) is 0 Å². The van der Waals surface area contributed by atoms with E-state index in [1.807, 2.05) is 12.1 Å². The van der Waals surface area contributed by atoms with E-state index >= 15 is 0 Å². The van der Waals surface area contributed by atoms with Gasteiger partial charge >= 0.3 is 0 Å². The average molecular weight is 243 g/mol. The van der Waals surface area contributed by atoms with E-state index in [0.717, 1.165) is 4.47 Å². The van der Waals surface area contributed by atoms with Gasteiger partial charge < -0.3 is 9.47 Å². The Morgan fingerprint density at radius 3 is 2.92 bits per heavy atom. The van der Waals surface area contributed by atoms with E-state index in [1.165, 1.54) is 5.56 Å². The highest BCUT2D eigenvalue weighted by Crippen LogP contribution is 2.23. The second-order valence-corrected chi connectivity index (χ2v) is 3.91. The van der Waals surface area contributed by atoms with Crippen LogP contribution in [0.25, 0.3) is 0 Å². The summed E-state index contributed by atoms with van der Waals surface area (Å²) in [6.45, 7) is 2.07. The van der Waals surface area contributed by atoms with Gasteiger partial charge in [0.1, 0.15) is 6.10 Å². The van der Waals surface area contributed by atoms with E-state index in [9.17, 15) is 0 Å². The molecule has 1 aliphatic rings. The maximum absolute atomic E-state index is 5.57. The van der Waals surface area contributed by atoms with Crippen LogP contribution in [0.3, 0.4) is 0 Å². The molecule has 70 valence electrons. The second kappa shape index (κ2) is 4.22. The van der Waals surface area contributed by atoms with Crippen LogP contribution in [0.5, 0.6) is 0 Å². The molecule has 0 unspecified atom stereocenters. The summed E-state index contributed by atoms with van der Waals surface area (Å²) in [7, 11) is 0. The molecule has 2 nitrogen and oxygen atoms in total. The van der Waals surface area contributed by atoms with Crippen LogP contribution >= 0.6 is 15.9 Å². The van der Waals surface area contributed by atoms with Crippen molar-refractivity contribution in [2.45, 2.75) is 6.10 Å². The molecule has 0 spiro atoms. The Balaban J connectivity index is 2.14. The lowest BCUT2D eigenvalue weighted by Gasteiger charge is -2.23. The molecule has 1 atom stereocenters. The minimum Gasteiger partial charge on any atom is -0.376 e. The standard InChI is InChI=1S/C10H11BrO2/c11-9-3-1-2-8(6-9)10-7-12-4-5-13-10/h1-3,6,10H,4-5,7H2/t10-/m1/s1. The Hall–Kier alpha value is -0.380. The molecule has 1 fully saturated rings. The molecule has 2 rings (SSSR count). The molecule has 1 saturated heterocycles. The highest BCUT2D eigenvalue weighted by atomic mass is 79.9. The number of benzene rings is 1. The Bertz CT molecular complexity index is 282.